The highest BCUT2D eigenvalue weighted by atomic mass is 35.5. The van der Waals surface area contributed by atoms with Gasteiger partial charge in [0.15, 0.2) is 5.16 Å². The Morgan fingerprint density at radius 3 is 2.55 bits per heavy atom. The molecular formula is C24H28ClN5O2S. The summed E-state index contributed by atoms with van der Waals surface area (Å²) in [5, 5.41) is 13.4. The van der Waals surface area contributed by atoms with Crippen molar-refractivity contribution < 1.29 is 9.53 Å². The maximum Gasteiger partial charge on any atom is 0.230 e. The normalized spacial score (nSPS) is 14.8. The lowest BCUT2D eigenvalue weighted by molar-refractivity contribution is -0.119. The maximum atomic E-state index is 12.8. The molecule has 33 heavy (non-hydrogen) atoms. The van der Waals surface area contributed by atoms with E-state index < -0.39 is 0 Å². The van der Waals surface area contributed by atoms with Crippen LogP contribution in [-0.4, -0.2) is 52.7 Å². The first kappa shape index (κ1) is 23.6. The van der Waals surface area contributed by atoms with Crippen molar-refractivity contribution in [1.82, 2.24) is 20.1 Å². The molecule has 3 aromatic rings. The Hall–Kier alpha value is -2.55. The molecule has 1 aliphatic heterocycles. The summed E-state index contributed by atoms with van der Waals surface area (Å²) in [5.74, 6) is 1.04. The fraction of sp³-hybridized carbons (Fsp3) is 0.375. The Labute approximate surface area is 203 Å². The number of anilines is 1. The zero-order valence-corrected chi connectivity index (χ0v) is 20.2. The van der Waals surface area contributed by atoms with Crippen molar-refractivity contribution in [3.8, 4) is 0 Å². The number of thioether (sulfide) groups is 1. The molecule has 1 aliphatic rings. The second-order valence-corrected chi connectivity index (χ2v) is 9.20. The summed E-state index contributed by atoms with van der Waals surface area (Å²) in [5.41, 5.74) is 2.20. The number of ether oxygens (including phenoxy) is 1. The maximum absolute atomic E-state index is 12.8. The third-order valence-corrected chi connectivity index (χ3v) is 6.74. The Morgan fingerprint density at radius 2 is 1.85 bits per heavy atom. The second-order valence-electron chi connectivity index (χ2n) is 7.82. The van der Waals surface area contributed by atoms with Crippen molar-refractivity contribution in [1.29, 1.82) is 0 Å². The van der Waals surface area contributed by atoms with Crippen molar-refractivity contribution in [2.45, 2.75) is 31.1 Å². The van der Waals surface area contributed by atoms with Crippen LogP contribution in [0.4, 0.5) is 5.95 Å². The van der Waals surface area contributed by atoms with Crippen LogP contribution in [0.3, 0.4) is 0 Å². The molecule has 7 nitrogen and oxygen atoms in total. The van der Waals surface area contributed by atoms with Crippen molar-refractivity contribution >= 4 is 35.2 Å². The minimum Gasteiger partial charge on any atom is -0.378 e. The van der Waals surface area contributed by atoms with Crippen molar-refractivity contribution in [2.24, 2.45) is 0 Å². The van der Waals surface area contributed by atoms with E-state index in [0.29, 0.717) is 24.8 Å². The fourth-order valence-corrected chi connectivity index (χ4v) is 4.64. The van der Waals surface area contributed by atoms with E-state index in [1.807, 2.05) is 42.5 Å². The average molecular weight is 486 g/mol. The van der Waals surface area contributed by atoms with E-state index in [9.17, 15) is 4.79 Å². The van der Waals surface area contributed by atoms with Gasteiger partial charge in [-0.05, 0) is 29.7 Å². The molecule has 174 valence electrons. The van der Waals surface area contributed by atoms with Crippen LogP contribution in [0.15, 0.2) is 59.8 Å². The molecule has 2 heterocycles. The molecular weight excluding hydrogens is 458 g/mol. The van der Waals surface area contributed by atoms with Gasteiger partial charge in [0.2, 0.25) is 11.9 Å². The van der Waals surface area contributed by atoms with Crippen LogP contribution < -0.4 is 10.2 Å². The molecule has 9 heteroatoms. The van der Waals surface area contributed by atoms with Crippen molar-refractivity contribution in [3.05, 3.63) is 70.7 Å². The number of benzene rings is 2. The van der Waals surface area contributed by atoms with Gasteiger partial charge in [-0.15, -0.1) is 10.2 Å². The first-order valence-electron chi connectivity index (χ1n) is 11.1. The van der Waals surface area contributed by atoms with Crippen LogP contribution in [-0.2, 0) is 16.1 Å². The van der Waals surface area contributed by atoms with Crippen molar-refractivity contribution in [2.75, 3.05) is 37.0 Å². The quantitative estimate of drug-likeness (QED) is 0.458. The number of morpholine rings is 1. The number of nitrogens with zero attached hydrogens (tertiary/aromatic N) is 4. The van der Waals surface area contributed by atoms with E-state index in [-0.39, 0.29) is 17.7 Å². The Morgan fingerprint density at radius 1 is 1.12 bits per heavy atom. The van der Waals surface area contributed by atoms with E-state index >= 15 is 0 Å². The van der Waals surface area contributed by atoms with Crippen molar-refractivity contribution in [3.63, 3.8) is 0 Å². The monoisotopic (exact) mass is 485 g/mol. The molecule has 2 aromatic carbocycles. The Balaban J connectivity index is 1.45. The second kappa shape index (κ2) is 11.5. The average Bonchev–Trinajstić information content (AvgIpc) is 3.25. The predicted molar refractivity (Wildman–Crippen MR) is 132 cm³/mol. The van der Waals surface area contributed by atoms with Gasteiger partial charge in [-0.25, -0.2) is 0 Å². The number of amides is 1. The van der Waals surface area contributed by atoms with Crippen LogP contribution in [0.5, 0.6) is 0 Å². The van der Waals surface area contributed by atoms with E-state index in [1.54, 1.807) is 0 Å². The summed E-state index contributed by atoms with van der Waals surface area (Å²) >= 11 is 7.41. The SMILES string of the molecule is CCC(NC(=O)CSc1nnc(N2CCOCC2)n1Cc1ccccc1)c1ccc(Cl)cc1. The van der Waals surface area contributed by atoms with Crippen LogP contribution in [0.25, 0.3) is 0 Å². The van der Waals surface area contributed by atoms with Crippen LogP contribution in [0, 0.1) is 0 Å². The first-order valence-corrected chi connectivity index (χ1v) is 12.5. The van der Waals surface area contributed by atoms with Crippen LogP contribution in [0.2, 0.25) is 5.02 Å². The lowest BCUT2D eigenvalue weighted by atomic mass is 10.0. The summed E-state index contributed by atoms with van der Waals surface area (Å²) in [7, 11) is 0. The van der Waals surface area contributed by atoms with Gasteiger partial charge < -0.3 is 15.0 Å². The molecule has 0 radical (unpaired) electrons. The molecule has 0 spiro atoms. The molecule has 1 amide bonds. The highest BCUT2D eigenvalue weighted by molar-refractivity contribution is 7.99. The number of rotatable bonds is 9. The number of aromatic nitrogens is 3. The molecule has 1 unspecified atom stereocenters. The largest absolute Gasteiger partial charge is 0.378 e. The number of hydrogen-bond donors (Lipinski definition) is 1. The van der Waals surface area contributed by atoms with Crippen LogP contribution >= 0.6 is 23.4 Å². The lowest BCUT2D eigenvalue weighted by Crippen LogP contribution is -2.38. The summed E-state index contributed by atoms with van der Waals surface area (Å²) in [6.45, 7) is 5.59. The molecule has 1 saturated heterocycles. The topological polar surface area (TPSA) is 72.3 Å². The minimum absolute atomic E-state index is 0.0380. The number of carbonyl (C=O) groups excluding carboxylic acids is 1. The molecule has 1 aromatic heterocycles. The third kappa shape index (κ3) is 6.28. The number of carbonyl (C=O) groups is 1. The summed E-state index contributed by atoms with van der Waals surface area (Å²) in [6.07, 6.45) is 0.795. The summed E-state index contributed by atoms with van der Waals surface area (Å²) in [4.78, 5) is 15.0. The summed E-state index contributed by atoms with van der Waals surface area (Å²) < 4.78 is 7.58. The Bertz CT molecular complexity index is 1040. The molecule has 0 saturated carbocycles. The summed E-state index contributed by atoms with van der Waals surface area (Å²) in [6, 6.07) is 17.8. The molecule has 1 fully saturated rings. The van der Waals surface area contributed by atoms with Gasteiger partial charge in [0.1, 0.15) is 0 Å². The fourth-order valence-electron chi connectivity index (χ4n) is 3.77. The van der Waals surface area contributed by atoms with E-state index in [4.69, 9.17) is 16.3 Å². The lowest BCUT2D eigenvalue weighted by Gasteiger charge is -2.28. The highest BCUT2D eigenvalue weighted by Crippen LogP contribution is 2.25. The standard InChI is InChI=1S/C24H28ClN5O2S/c1-2-21(19-8-10-20(25)11-9-19)26-22(31)17-33-24-28-27-23(29-12-14-32-15-13-29)30(24)16-18-6-4-3-5-7-18/h3-11,21H,2,12-17H2,1H3,(H,26,31). The number of hydrogen-bond acceptors (Lipinski definition) is 6. The predicted octanol–water partition coefficient (Wildman–Crippen LogP) is 4.18. The van der Waals surface area contributed by atoms with E-state index in [0.717, 1.165) is 41.7 Å². The minimum atomic E-state index is -0.0542. The molecule has 1 N–H and O–H groups in total. The van der Waals surface area contributed by atoms with Gasteiger partial charge in [0.05, 0.1) is 31.6 Å². The molecule has 1 atom stereocenters. The third-order valence-electron chi connectivity index (χ3n) is 5.52. The van der Waals surface area contributed by atoms with Gasteiger partial charge >= 0.3 is 0 Å². The first-order chi connectivity index (χ1) is 16.1. The van der Waals surface area contributed by atoms with E-state index in [2.05, 4.69) is 44.0 Å². The van der Waals surface area contributed by atoms with Crippen LogP contribution in [0.1, 0.15) is 30.5 Å². The van der Waals surface area contributed by atoms with Gasteiger partial charge in [-0.1, -0.05) is 72.8 Å². The zero-order chi connectivity index (χ0) is 23.0. The zero-order valence-electron chi connectivity index (χ0n) is 18.6. The number of nitrogens with one attached hydrogen (secondary N) is 1. The van der Waals surface area contributed by atoms with Gasteiger partial charge in [-0.3, -0.25) is 9.36 Å². The highest BCUT2D eigenvalue weighted by Gasteiger charge is 2.22. The Kier molecular flexibility index (Phi) is 8.25. The van der Waals surface area contributed by atoms with Gasteiger partial charge in [0.25, 0.3) is 0 Å². The molecule has 0 aliphatic carbocycles. The smallest absolute Gasteiger partial charge is 0.230 e. The van der Waals surface area contributed by atoms with Gasteiger partial charge in [0, 0.05) is 18.1 Å². The van der Waals surface area contributed by atoms with Gasteiger partial charge in [-0.2, -0.15) is 0 Å². The van der Waals surface area contributed by atoms with E-state index in [1.165, 1.54) is 11.8 Å². The molecule has 0 bridgehead atoms. The molecule has 4 rings (SSSR count). The number of halogens is 1.